The molecule has 2 aromatic heterocycles. The van der Waals surface area contributed by atoms with Crippen molar-refractivity contribution in [3.05, 3.63) is 237 Å². The normalized spacial score (nSPS) is 11.4. The molecule has 3 nitrogen and oxygen atoms in total. The van der Waals surface area contributed by atoms with Crippen LogP contribution in [0, 0.1) is 0 Å². The third-order valence-electron chi connectivity index (χ3n) is 12.4. The van der Waals surface area contributed by atoms with E-state index in [9.17, 15) is 0 Å². The minimum atomic E-state index is 0.624. The van der Waals surface area contributed by atoms with Gasteiger partial charge in [-0.3, -0.25) is 0 Å². The van der Waals surface area contributed by atoms with Gasteiger partial charge in [0.05, 0.1) is 0 Å². The minimum Gasteiger partial charge on any atom is -0.208 e. The van der Waals surface area contributed by atoms with Crippen LogP contribution in [0.1, 0.15) is 0 Å². The predicted molar refractivity (Wildman–Crippen MR) is 274 cm³/mol. The lowest BCUT2D eigenvalue weighted by atomic mass is 9.96. The molecule has 0 unspecified atom stereocenters. The average molecular weight is 846 g/mol. The second kappa shape index (κ2) is 16.4. The Labute approximate surface area is 381 Å². The Morgan fingerprint density at radius 2 is 0.615 bits per heavy atom. The summed E-state index contributed by atoms with van der Waals surface area (Å²) in [6, 6.07) is 84.1. The van der Waals surface area contributed by atoms with Gasteiger partial charge >= 0.3 is 0 Å². The van der Waals surface area contributed by atoms with Gasteiger partial charge in [-0.25, -0.2) is 15.0 Å². The van der Waals surface area contributed by atoms with E-state index in [4.69, 9.17) is 15.0 Å². The van der Waals surface area contributed by atoms with Crippen LogP contribution in [0.4, 0.5) is 0 Å². The maximum atomic E-state index is 5.20. The highest BCUT2D eigenvalue weighted by molar-refractivity contribution is 7.25. The SMILES string of the molecule is c1ccc(-c2ccccc2-c2nc(-c3ccc(-c4ccc5cc(-c6ccc(-c7ccc8sc9ccccc9c8c7)cc6)ccc5c4)cc3)nc(-c3ccccc3-c3ccccc3)n2)cc1. The van der Waals surface area contributed by atoms with Crippen LogP contribution >= 0.6 is 11.3 Å². The van der Waals surface area contributed by atoms with Crippen molar-refractivity contribution in [2.75, 3.05) is 0 Å². The van der Waals surface area contributed by atoms with E-state index >= 15 is 0 Å². The first-order valence-electron chi connectivity index (χ1n) is 21.9. The zero-order valence-corrected chi connectivity index (χ0v) is 36.1. The van der Waals surface area contributed by atoms with Gasteiger partial charge in [0, 0.05) is 36.9 Å². The molecule has 12 rings (SSSR count). The van der Waals surface area contributed by atoms with Gasteiger partial charge in [0.25, 0.3) is 0 Å². The lowest BCUT2D eigenvalue weighted by molar-refractivity contribution is 1.07. The van der Waals surface area contributed by atoms with Gasteiger partial charge in [-0.15, -0.1) is 11.3 Å². The van der Waals surface area contributed by atoms with Crippen molar-refractivity contribution < 1.29 is 0 Å². The third-order valence-corrected chi connectivity index (χ3v) is 13.5. The molecular weight excluding hydrogens is 807 g/mol. The zero-order chi connectivity index (χ0) is 43.1. The molecule has 0 fully saturated rings. The molecule has 0 aliphatic carbocycles. The third kappa shape index (κ3) is 7.36. The molecule has 65 heavy (non-hydrogen) atoms. The highest BCUT2D eigenvalue weighted by Gasteiger charge is 2.18. The fourth-order valence-corrected chi connectivity index (χ4v) is 10.1. The van der Waals surface area contributed by atoms with Crippen molar-refractivity contribution in [2.45, 2.75) is 0 Å². The Kier molecular flexibility index (Phi) is 9.70. The van der Waals surface area contributed by atoms with Crippen molar-refractivity contribution in [1.82, 2.24) is 15.0 Å². The maximum absolute atomic E-state index is 5.20. The Hall–Kier alpha value is -8.31. The first kappa shape index (κ1) is 38.4. The summed E-state index contributed by atoms with van der Waals surface area (Å²) in [5, 5.41) is 5.06. The van der Waals surface area contributed by atoms with Crippen LogP contribution in [0.2, 0.25) is 0 Å². The van der Waals surface area contributed by atoms with E-state index in [1.807, 2.05) is 35.6 Å². The van der Waals surface area contributed by atoms with Crippen LogP contribution in [-0.4, -0.2) is 15.0 Å². The maximum Gasteiger partial charge on any atom is 0.164 e. The van der Waals surface area contributed by atoms with E-state index in [0.29, 0.717) is 17.5 Å². The van der Waals surface area contributed by atoms with Crippen LogP contribution in [0.3, 0.4) is 0 Å². The van der Waals surface area contributed by atoms with Crippen molar-refractivity contribution in [2.24, 2.45) is 0 Å². The summed E-state index contributed by atoms with van der Waals surface area (Å²) in [5.74, 6) is 1.88. The van der Waals surface area contributed by atoms with E-state index in [2.05, 4.69) is 212 Å². The Morgan fingerprint density at radius 3 is 1.15 bits per heavy atom. The Balaban J connectivity index is 0.855. The van der Waals surface area contributed by atoms with Crippen LogP contribution in [0.15, 0.2) is 237 Å². The number of hydrogen-bond donors (Lipinski definition) is 0. The predicted octanol–water partition coefficient (Wildman–Crippen LogP) is 16.7. The fraction of sp³-hybridized carbons (Fsp3) is 0. The molecule has 0 saturated carbocycles. The molecule has 0 N–H and O–H groups in total. The van der Waals surface area contributed by atoms with E-state index < -0.39 is 0 Å². The number of benzene rings is 10. The summed E-state index contributed by atoms with van der Waals surface area (Å²) in [4.78, 5) is 15.6. The summed E-state index contributed by atoms with van der Waals surface area (Å²) in [6.07, 6.45) is 0. The first-order valence-corrected chi connectivity index (χ1v) is 22.7. The molecule has 0 amide bonds. The molecule has 0 spiro atoms. The van der Waals surface area contributed by atoms with Gasteiger partial charge in [0.2, 0.25) is 0 Å². The molecule has 0 atom stereocenters. The lowest BCUT2D eigenvalue weighted by Gasteiger charge is -2.14. The smallest absolute Gasteiger partial charge is 0.164 e. The van der Waals surface area contributed by atoms with E-state index in [1.54, 1.807) is 0 Å². The molecule has 0 aliphatic heterocycles. The van der Waals surface area contributed by atoms with Crippen LogP contribution < -0.4 is 0 Å². The second-order valence-electron chi connectivity index (χ2n) is 16.4. The molecule has 0 aliphatic rings. The molecule has 0 radical (unpaired) electrons. The highest BCUT2D eigenvalue weighted by atomic mass is 32.1. The van der Waals surface area contributed by atoms with Crippen molar-refractivity contribution >= 4 is 42.3 Å². The van der Waals surface area contributed by atoms with E-state index in [1.165, 1.54) is 53.2 Å². The molecule has 2 heterocycles. The summed E-state index contributed by atoms with van der Waals surface area (Å²) >= 11 is 1.86. The molecule has 304 valence electrons. The van der Waals surface area contributed by atoms with Crippen molar-refractivity contribution in [1.29, 1.82) is 0 Å². The first-order chi connectivity index (χ1) is 32.2. The number of aromatic nitrogens is 3. The zero-order valence-electron chi connectivity index (χ0n) is 35.3. The summed E-state index contributed by atoms with van der Waals surface area (Å²) in [5.41, 5.74) is 14.3. The van der Waals surface area contributed by atoms with Gasteiger partial charge in [0.15, 0.2) is 17.5 Å². The fourth-order valence-electron chi connectivity index (χ4n) is 9.02. The van der Waals surface area contributed by atoms with Crippen LogP contribution in [0.5, 0.6) is 0 Å². The van der Waals surface area contributed by atoms with Gasteiger partial charge in [-0.05, 0) is 96.7 Å². The Morgan fingerprint density at radius 1 is 0.231 bits per heavy atom. The number of thiophene rings is 1. The molecular formula is C61H39N3S. The van der Waals surface area contributed by atoms with Gasteiger partial charge in [-0.1, -0.05) is 206 Å². The van der Waals surface area contributed by atoms with Gasteiger partial charge in [0.1, 0.15) is 0 Å². The minimum absolute atomic E-state index is 0.624. The van der Waals surface area contributed by atoms with Gasteiger partial charge < -0.3 is 0 Å². The largest absolute Gasteiger partial charge is 0.208 e. The highest BCUT2D eigenvalue weighted by Crippen LogP contribution is 2.39. The molecule has 4 heteroatoms. The number of fused-ring (bicyclic) bond motifs is 4. The van der Waals surface area contributed by atoms with Crippen molar-refractivity contribution in [3.8, 4) is 89.8 Å². The Bertz CT molecular complexity index is 3590. The number of hydrogen-bond acceptors (Lipinski definition) is 4. The number of rotatable bonds is 8. The van der Waals surface area contributed by atoms with Crippen molar-refractivity contribution in [3.63, 3.8) is 0 Å². The monoisotopic (exact) mass is 845 g/mol. The van der Waals surface area contributed by atoms with Crippen LogP contribution in [0.25, 0.3) is 121 Å². The number of nitrogens with zero attached hydrogens (tertiary/aromatic N) is 3. The quantitative estimate of drug-likeness (QED) is 0.153. The van der Waals surface area contributed by atoms with E-state index in [0.717, 1.165) is 50.1 Å². The molecule has 0 bridgehead atoms. The standard InChI is InChI=1S/C61H39N3S/c1-3-13-43(14-4-1)51-17-7-9-20-54(51)60-62-59(63-61(64-60)55-21-10-8-18-52(55)44-15-5-2-6-16-44)45-29-27-41(28-30-45)47-32-34-48-37-46(31-33-49(48)38-47)40-23-25-42(26-24-40)50-35-36-58-56(39-50)53-19-11-12-22-57(53)65-58/h1-39H. The second-order valence-corrected chi connectivity index (χ2v) is 17.5. The van der Waals surface area contributed by atoms with Gasteiger partial charge in [-0.2, -0.15) is 0 Å². The average Bonchev–Trinajstić information content (AvgIpc) is 3.77. The summed E-state index contributed by atoms with van der Waals surface area (Å²) in [7, 11) is 0. The lowest BCUT2D eigenvalue weighted by Crippen LogP contribution is -2.02. The van der Waals surface area contributed by atoms with Crippen LogP contribution in [-0.2, 0) is 0 Å². The topological polar surface area (TPSA) is 38.7 Å². The molecule has 0 saturated heterocycles. The van der Waals surface area contributed by atoms with E-state index in [-0.39, 0.29) is 0 Å². The summed E-state index contributed by atoms with van der Waals surface area (Å²) in [6.45, 7) is 0. The molecule has 10 aromatic carbocycles. The molecule has 12 aromatic rings. The summed E-state index contributed by atoms with van der Waals surface area (Å²) < 4.78 is 2.66.